The Bertz CT molecular complexity index is 2520. The highest BCUT2D eigenvalue weighted by molar-refractivity contribution is 7.47. The second kappa shape index (κ2) is 89.5. The summed E-state index contributed by atoms with van der Waals surface area (Å²) in [6, 6.07) is 0. The number of carbonyl (C=O) groups is 3. The molecular formula is C97H174O16P2. The van der Waals surface area contributed by atoms with E-state index in [1.807, 2.05) is 0 Å². The van der Waals surface area contributed by atoms with Crippen LogP contribution in [0.2, 0.25) is 0 Å². The van der Waals surface area contributed by atoms with E-state index in [0.717, 1.165) is 116 Å². The number of esters is 3. The van der Waals surface area contributed by atoms with Gasteiger partial charge in [-0.05, 0) is 128 Å². The second-order valence-corrected chi connectivity index (χ2v) is 34.7. The van der Waals surface area contributed by atoms with Gasteiger partial charge in [0.05, 0.1) is 26.4 Å². The quantitative estimate of drug-likeness (QED) is 0.0146. The molecule has 0 radical (unpaired) electrons. The summed E-state index contributed by atoms with van der Waals surface area (Å²) in [5.74, 6) is -1.56. The van der Waals surface area contributed by atoms with E-state index < -0.39 is 91.5 Å². The summed E-state index contributed by atoms with van der Waals surface area (Å²) >= 11 is 0. The van der Waals surface area contributed by atoms with Gasteiger partial charge in [0, 0.05) is 19.3 Å². The Hall–Kier alpha value is -3.79. The highest BCUT2D eigenvalue weighted by Gasteiger charge is 2.30. The molecule has 0 bridgehead atoms. The van der Waals surface area contributed by atoms with Crippen LogP contribution in [0.5, 0.6) is 0 Å². The van der Waals surface area contributed by atoms with Crippen LogP contribution in [0.4, 0.5) is 0 Å². The summed E-state index contributed by atoms with van der Waals surface area (Å²) in [6.07, 6.45) is 109. The summed E-state index contributed by atoms with van der Waals surface area (Å²) in [5, 5.41) is 20.7. The molecule has 0 saturated carbocycles. The number of phosphoric acid groups is 2. The Balaban J connectivity index is 4.29. The van der Waals surface area contributed by atoms with Gasteiger partial charge in [-0.3, -0.25) is 32.5 Å². The molecule has 0 aliphatic rings. The number of aliphatic hydroxyl groups is 2. The standard InChI is InChI=1S/C97H174O16P2/c1-4-7-10-13-16-19-22-24-26-28-30-32-34-36-38-40-42-44-45-47-49-50-52-54-56-58-60-62-64-66-69-71-74-77-80-83-95(100)107-86-92(98)87-109-114(103,104)110-88-93(99)89-111-115(105,106)112-91-94(113-97(102)85-82-79-76-73-68-21-18-15-12-9-6-3)90-108-96(101)84-81-78-75-72-70-67-65-63-61-59-57-55-53-51-48-46-43-41-39-37-35-33-31-29-27-25-23-20-17-14-11-8-5-2/h15-20,24-27,30-33,36-39,92-94,98-99H,4-14,21-23,28-29,34-35,40-91H2,1-3H3,(H,103,104)(H,105,106)/b18-15-,19-16-,20-17-,26-24-,27-25-,32-30-,33-31-,38-36-,39-37-. The lowest BCUT2D eigenvalue weighted by Crippen LogP contribution is -2.30. The van der Waals surface area contributed by atoms with Gasteiger partial charge in [-0.15, -0.1) is 0 Å². The third-order valence-electron chi connectivity index (χ3n) is 20.4. The van der Waals surface area contributed by atoms with Gasteiger partial charge in [-0.25, -0.2) is 9.13 Å². The highest BCUT2D eigenvalue weighted by Crippen LogP contribution is 2.45. The number of hydrogen-bond donors (Lipinski definition) is 4. The monoisotopic (exact) mass is 1660 g/mol. The van der Waals surface area contributed by atoms with Crippen molar-refractivity contribution in [2.75, 3.05) is 39.6 Å². The van der Waals surface area contributed by atoms with Gasteiger partial charge >= 0.3 is 33.6 Å². The van der Waals surface area contributed by atoms with E-state index in [4.69, 9.17) is 32.3 Å². The number of rotatable bonds is 90. The fourth-order valence-electron chi connectivity index (χ4n) is 13.2. The molecule has 0 aliphatic heterocycles. The van der Waals surface area contributed by atoms with Crippen LogP contribution in [-0.2, 0) is 55.8 Å². The van der Waals surface area contributed by atoms with Crippen LogP contribution in [0.1, 0.15) is 432 Å². The minimum absolute atomic E-state index is 0.0965. The minimum atomic E-state index is -4.93. The van der Waals surface area contributed by atoms with Crippen molar-refractivity contribution in [1.82, 2.24) is 0 Å². The van der Waals surface area contributed by atoms with Crippen molar-refractivity contribution in [1.29, 1.82) is 0 Å². The summed E-state index contributed by atoms with van der Waals surface area (Å²) < 4.78 is 61.3. The van der Waals surface area contributed by atoms with E-state index in [1.54, 1.807) is 0 Å². The van der Waals surface area contributed by atoms with Crippen molar-refractivity contribution in [3.63, 3.8) is 0 Å². The Labute approximate surface area is 704 Å². The van der Waals surface area contributed by atoms with E-state index in [0.29, 0.717) is 19.3 Å². The van der Waals surface area contributed by atoms with Gasteiger partial charge in [-0.2, -0.15) is 0 Å². The molecule has 115 heavy (non-hydrogen) atoms. The van der Waals surface area contributed by atoms with Crippen molar-refractivity contribution in [3.05, 3.63) is 109 Å². The molecule has 5 atom stereocenters. The molecule has 0 aliphatic carbocycles. The first-order chi connectivity index (χ1) is 56.2. The van der Waals surface area contributed by atoms with Crippen molar-refractivity contribution in [2.45, 2.75) is 450 Å². The molecule has 0 fully saturated rings. The van der Waals surface area contributed by atoms with Crippen LogP contribution in [0.3, 0.4) is 0 Å². The third-order valence-corrected chi connectivity index (χ3v) is 22.3. The fourth-order valence-corrected chi connectivity index (χ4v) is 14.8. The average Bonchev–Trinajstić information content (AvgIpc) is 0.900. The van der Waals surface area contributed by atoms with E-state index in [-0.39, 0.29) is 19.3 Å². The first kappa shape index (κ1) is 111. The molecule has 0 spiro atoms. The number of allylic oxidation sites excluding steroid dienone is 18. The molecule has 0 aromatic rings. The summed E-state index contributed by atoms with van der Waals surface area (Å²) in [5.41, 5.74) is 0. The van der Waals surface area contributed by atoms with Crippen molar-refractivity contribution in [2.24, 2.45) is 0 Å². The van der Waals surface area contributed by atoms with Crippen molar-refractivity contribution < 1.29 is 75.8 Å². The van der Waals surface area contributed by atoms with Crippen molar-refractivity contribution in [3.8, 4) is 0 Å². The summed E-state index contributed by atoms with van der Waals surface area (Å²) in [6.45, 7) is 2.64. The zero-order valence-electron chi connectivity index (χ0n) is 73.7. The van der Waals surface area contributed by atoms with Crippen LogP contribution >= 0.6 is 15.6 Å². The molecule has 0 aromatic carbocycles. The second-order valence-electron chi connectivity index (χ2n) is 31.8. The number of aliphatic hydroxyl groups excluding tert-OH is 2. The normalized spacial score (nSPS) is 14.3. The lowest BCUT2D eigenvalue weighted by molar-refractivity contribution is -0.161. The number of carbonyl (C=O) groups excluding carboxylic acids is 3. The van der Waals surface area contributed by atoms with Crippen LogP contribution < -0.4 is 0 Å². The first-order valence-corrected chi connectivity index (χ1v) is 50.2. The average molecular weight is 1660 g/mol. The maximum Gasteiger partial charge on any atom is 0.472 e. The molecule has 0 aromatic heterocycles. The van der Waals surface area contributed by atoms with Gasteiger partial charge in [0.25, 0.3) is 0 Å². The molecule has 4 N–H and O–H groups in total. The SMILES string of the molecule is CCCC/C=C\CCCCCCCC(=O)OC(COC(=O)CCCCCCCCCCCCCCCCCCC/C=C\C/C=C\C/C=C\C/C=C\CCCCC)COP(=O)(O)OCC(O)COP(=O)(O)OCC(O)COC(=O)CCCCCCCCCCCCCCCCCCCCC/C=C\C/C=C\C/C=C\C/C=C\CCCCC. The molecule has 18 heteroatoms. The van der Waals surface area contributed by atoms with Gasteiger partial charge in [-0.1, -0.05) is 393 Å². The van der Waals surface area contributed by atoms with Gasteiger partial charge in [0.2, 0.25) is 0 Å². The molecule has 0 amide bonds. The number of phosphoric ester groups is 2. The van der Waals surface area contributed by atoms with E-state index in [1.165, 1.54) is 257 Å². The maximum atomic E-state index is 13.0. The van der Waals surface area contributed by atoms with Gasteiger partial charge < -0.3 is 34.2 Å². The van der Waals surface area contributed by atoms with Gasteiger partial charge in [0.15, 0.2) is 6.10 Å². The predicted molar refractivity (Wildman–Crippen MR) is 482 cm³/mol. The Morgan fingerprint density at radius 2 is 0.443 bits per heavy atom. The fraction of sp³-hybridized carbons (Fsp3) is 0.784. The van der Waals surface area contributed by atoms with Crippen LogP contribution in [-0.4, -0.2) is 95.9 Å². The predicted octanol–water partition coefficient (Wildman–Crippen LogP) is 29.0. The lowest BCUT2D eigenvalue weighted by atomic mass is 10.0. The van der Waals surface area contributed by atoms with Crippen LogP contribution in [0.15, 0.2) is 109 Å². The van der Waals surface area contributed by atoms with E-state index >= 15 is 0 Å². The number of hydrogen-bond acceptors (Lipinski definition) is 14. The highest BCUT2D eigenvalue weighted by atomic mass is 31.2. The Morgan fingerprint density at radius 1 is 0.243 bits per heavy atom. The van der Waals surface area contributed by atoms with E-state index in [2.05, 4.69) is 130 Å². The number of unbranched alkanes of at least 4 members (excludes halogenated alkanes) is 49. The molecular weight excluding hydrogens is 1480 g/mol. The molecule has 0 saturated heterocycles. The number of ether oxygens (including phenoxy) is 3. The smallest absolute Gasteiger partial charge is 0.463 e. The lowest BCUT2D eigenvalue weighted by Gasteiger charge is -2.21. The van der Waals surface area contributed by atoms with Crippen LogP contribution in [0.25, 0.3) is 0 Å². The minimum Gasteiger partial charge on any atom is -0.463 e. The Kier molecular flexibility index (Phi) is 86.5. The summed E-state index contributed by atoms with van der Waals surface area (Å²) in [4.78, 5) is 58.8. The molecule has 16 nitrogen and oxygen atoms in total. The first-order valence-electron chi connectivity index (χ1n) is 47.2. The molecule has 668 valence electrons. The van der Waals surface area contributed by atoms with E-state index in [9.17, 15) is 43.5 Å². The van der Waals surface area contributed by atoms with Crippen LogP contribution in [0, 0.1) is 0 Å². The zero-order valence-corrected chi connectivity index (χ0v) is 75.5. The van der Waals surface area contributed by atoms with Gasteiger partial charge in [0.1, 0.15) is 25.4 Å². The van der Waals surface area contributed by atoms with Crippen molar-refractivity contribution >= 4 is 33.6 Å². The largest absolute Gasteiger partial charge is 0.472 e. The summed E-state index contributed by atoms with van der Waals surface area (Å²) in [7, 11) is -9.79. The maximum absolute atomic E-state index is 13.0. The topological polar surface area (TPSA) is 231 Å². The Morgan fingerprint density at radius 3 is 0.722 bits per heavy atom. The molecule has 5 unspecified atom stereocenters. The zero-order chi connectivity index (χ0) is 83.6. The molecule has 0 heterocycles. The molecule has 0 rings (SSSR count). The third kappa shape index (κ3) is 90.8.